The normalized spacial score (nSPS) is 22.5. The maximum atomic E-state index is 5.38. The van der Waals surface area contributed by atoms with Crippen LogP contribution in [0, 0.1) is 19.3 Å². The fourth-order valence-electron chi connectivity index (χ4n) is 6.17. The second-order valence-electron chi connectivity index (χ2n) is 10.6. The molecule has 0 saturated carbocycles. The zero-order chi connectivity index (χ0) is 23.2. The Kier molecular flexibility index (Phi) is 5.80. The predicted octanol–water partition coefficient (Wildman–Crippen LogP) is 8.62. The lowest BCUT2D eigenvalue weighted by atomic mass is 9.74. The van der Waals surface area contributed by atoms with Crippen molar-refractivity contribution >= 4 is 16.6 Å². The first kappa shape index (κ1) is 22.2. The van der Waals surface area contributed by atoms with Crippen LogP contribution >= 0.6 is 0 Å². The summed E-state index contributed by atoms with van der Waals surface area (Å²) in [6.45, 7) is 11.5. The van der Waals surface area contributed by atoms with Crippen molar-refractivity contribution in [1.82, 2.24) is 9.55 Å². The van der Waals surface area contributed by atoms with Crippen LogP contribution in [-0.2, 0) is 6.42 Å². The van der Waals surface area contributed by atoms with Crippen molar-refractivity contribution in [3.63, 3.8) is 0 Å². The lowest BCUT2D eigenvalue weighted by Gasteiger charge is -2.32. The molecule has 3 aromatic rings. The van der Waals surface area contributed by atoms with E-state index in [1.54, 1.807) is 5.56 Å². The average Bonchev–Trinajstić information content (AvgIpc) is 3.16. The minimum atomic E-state index is 0.106. The zero-order valence-electron chi connectivity index (χ0n) is 21.0. The van der Waals surface area contributed by atoms with E-state index in [2.05, 4.69) is 87.7 Å². The molecular formula is C31H38N2. The summed E-state index contributed by atoms with van der Waals surface area (Å²) in [7, 11) is 0. The molecule has 2 heteroatoms. The molecule has 2 unspecified atom stereocenters. The van der Waals surface area contributed by atoms with Gasteiger partial charge in [0.25, 0.3) is 0 Å². The fourth-order valence-corrected chi connectivity index (χ4v) is 6.17. The molecule has 0 saturated heterocycles. The maximum Gasteiger partial charge on any atom is 0.142 e. The van der Waals surface area contributed by atoms with Crippen molar-refractivity contribution in [3.05, 3.63) is 76.6 Å². The van der Waals surface area contributed by atoms with Crippen LogP contribution in [0.25, 0.3) is 22.3 Å². The number of imidazole rings is 1. The van der Waals surface area contributed by atoms with Crippen molar-refractivity contribution in [2.45, 2.75) is 85.5 Å². The predicted molar refractivity (Wildman–Crippen MR) is 141 cm³/mol. The van der Waals surface area contributed by atoms with Crippen molar-refractivity contribution < 1.29 is 0 Å². The molecule has 2 atom stereocenters. The van der Waals surface area contributed by atoms with E-state index in [1.807, 2.05) is 0 Å². The average molecular weight is 439 g/mol. The number of aromatic nitrogens is 2. The van der Waals surface area contributed by atoms with Crippen molar-refractivity contribution in [1.29, 1.82) is 0 Å². The number of hydrogen-bond acceptors (Lipinski definition) is 1. The molecule has 0 N–H and O–H groups in total. The Bertz CT molecular complexity index is 1240. The highest BCUT2D eigenvalue weighted by Crippen LogP contribution is 2.46. The largest absolute Gasteiger partial charge is 0.292 e. The Balaban J connectivity index is 1.84. The van der Waals surface area contributed by atoms with E-state index >= 15 is 0 Å². The number of fused-ring (bicyclic) bond motifs is 2. The molecule has 0 aliphatic heterocycles. The van der Waals surface area contributed by atoms with Gasteiger partial charge < -0.3 is 0 Å². The summed E-state index contributed by atoms with van der Waals surface area (Å²) in [6, 6.07) is 11.6. The first-order valence-corrected chi connectivity index (χ1v) is 13.0. The lowest BCUT2D eigenvalue weighted by Crippen LogP contribution is -2.21. The molecule has 2 aromatic carbocycles. The van der Waals surface area contributed by atoms with Crippen LogP contribution in [-0.4, -0.2) is 9.55 Å². The molecule has 0 spiro atoms. The second-order valence-corrected chi connectivity index (χ2v) is 10.6. The van der Waals surface area contributed by atoms with Gasteiger partial charge in [0.05, 0.1) is 16.7 Å². The summed E-state index contributed by atoms with van der Waals surface area (Å²) in [5.41, 5.74) is 10.9. The first-order valence-electron chi connectivity index (χ1n) is 13.0. The SMILES string of the molecule is CCCC1CCCc2cc3nc(C4=CC=CCC4(C)CC)n(-c4c(C)cccc4C)c3cc21. The summed E-state index contributed by atoms with van der Waals surface area (Å²) in [5.74, 6) is 1.82. The van der Waals surface area contributed by atoms with E-state index in [0.717, 1.165) is 24.2 Å². The molecule has 33 heavy (non-hydrogen) atoms. The highest BCUT2D eigenvalue weighted by atomic mass is 15.1. The first-order chi connectivity index (χ1) is 16.0. The second kappa shape index (κ2) is 8.63. The van der Waals surface area contributed by atoms with Crippen LogP contribution in [0.15, 0.2) is 48.6 Å². The Hall–Kier alpha value is -2.61. The Morgan fingerprint density at radius 3 is 2.64 bits per heavy atom. The summed E-state index contributed by atoms with van der Waals surface area (Å²) >= 11 is 0. The standard InChI is InChI=1S/C31H38N2/c1-6-12-23-15-11-16-24-19-27-28(20-25(23)24)33(29-21(3)13-10-14-22(29)4)30(32-27)26-17-8-9-18-31(26,5)7-2/h8-10,13-14,17,19-20,23H,6-7,11-12,15-16,18H2,1-5H3. The van der Waals surface area contributed by atoms with E-state index in [4.69, 9.17) is 4.98 Å². The molecule has 2 aliphatic carbocycles. The van der Waals surface area contributed by atoms with E-state index < -0.39 is 0 Å². The van der Waals surface area contributed by atoms with Crippen molar-refractivity contribution in [3.8, 4) is 5.69 Å². The van der Waals surface area contributed by atoms with Gasteiger partial charge in [-0.15, -0.1) is 0 Å². The van der Waals surface area contributed by atoms with Gasteiger partial charge in [-0.05, 0) is 98.1 Å². The molecule has 172 valence electrons. The van der Waals surface area contributed by atoms with E-state index in [-0.39, 0.29) is 5.41 Å². The molecule has 2 aliphatic rings. The van der Waals surface area contributed by atoms with Crippen molar-refractivity contribution in [2.24, 2.45) is 5.41 Å². The Labute approximate surface area is 199 Å². The van der Waals surface area contributed by atoms with Gasteiger partial charge in [-0.2, -0.15) is 0 Å². The van der Waals surface area contributed by atoms with E-state index in [9.17, 15) is 0 Å². The number of aryl methyl sites for hydroxylation is 3. The number of rotatable bonds is 5. The molecule has 1 heterocycles. The third kappa shape index (κ3) is 3.68. The molecule has 0 bridgehead atoms. The smallest absolute Gasteiger partial charge is 0.142 e. The van der Waals surface area contributed by atoms with E-state index in [1.165, 1.54) is 65.6 Å². The summed E-state index contributed by atoms with van der Waals surface area (Å²) in [6.07, 6.45) is 15.4. The number of benzene rings is 2. The summed E-state index contributed by atoms with van der Waals surface area (Å²) < 4.78 is 2.50. The summed E-state index contributed by atoms with van der Waals surface area (Å²) in [4.78, 5) is 5.38. The van der Waals surface area contributed by atoms with Gasteiger partial charge in [0, 0.05) is 5.57 Å². The Morgan fingerprint density at radius 1 is 1.12 bits per heavy atom. The van der Waals surface area contributed by atoms with Gasteiger partial charge in [-0.1, -0.05) is 63.6 Å². The molecule has 0 amide bonds. The minimum absolute atomic E-state index is 0.106. The van der Waals surface area contributed by atoms with Crippen LogP contribution in [0.2, 0.25) is 0 Å². The van der Waals surface area contributed by atoms with Gasteiger partial charge in [-0.25, -0.2) is 4.98 Å². The lowest BCUT2D eigenvalue weighted by molar-refractivity contribution is 0.430. The highest BCUT2D eigenvalue weighted by Gasteiger charge is 2.33. The van der Waals surface area contributed by atoms with E-state index in [0.29, 0.717) is 5.92 Å². The topological polar surface area (TPSA) is 17.8 Å². The van der Waals surface area contributed by atoms with Crippen LogP contribution in [0.1, 0.15) is 93.3 Å². The van der Waals surface area contributed by atoms with Gasteiger partial charge in [0.15, 0.2) is 0 Å². The number of nitrogens with zero attached hydrogens (tertiary/aromatic N) is 2. The number of hydrogen-bond donors (Lipinski definition) is 0. The van der Waals surface area contributed by atoms with Gasteiger partial charge in [-0.3, -0.25) is 4.57 Å². The Morgan fingerprint density at radius 2 is 1.91 bits per heavy atom. The van der Waals surface area contributed by atoms with Gasteiger partial charge >= 0.3 is 0 Å². The maximum absolute atomic E-state index is 5.38. The highest BCUT2D eigenvalue weighted by molar-refractivity contribution is 5.86. The third-order valence-corrected chi connectivity index (χ3v) is 8.29. The molecule has 5 rings (SSSR count). The monoisotopic (exact) mass is 438 g/mol. The van der Waals surface area contributed by atoms with Crippen LogP contribution < -0.4 is 0 Å². The van der Waals surface area contributed by atoms with Crippen molar-refractivity contribution in [2.75, 3.05) is 0 Å². The summed E-state index contributed by atoms with van der Waals surface area (Å²) in [5, 5.41) is 0. The van der Waals surface area contributed by atoms with Crippen LogP contribution in [0.3, 0.4) is 0 Å². The molecular weight excluding hydrogens is 400 g/mol. The third-order valence-electron chi connectivity index (χ3n) is 8.29. The van der Waals surface area contributed by atoms with Gasteiger partial charge in [0.1, 0.15) is 5.82 Å². The zero-order valence-corrected chi connectivity index (χ0v) is 21.0. The van der Waals surface area contributed by atoms with Crippen LogP contribution in [0.5, 0.6) is 0 Å². The quantitative estimate of drug-likeness (QED) is 0.390. The fraction of sp³-hybridized carbons (Fsp3) is 0.452. The van der Waals surface area contributed by atoms with Crippen LogP contribution in [0.4, 0.5) is 0 Å². The molecule has 1 aromatic heterocycles. The number of para-hydroxylation sites is 1. The minimum Gasteiger partial charge on any atom is -0.292 e. The molecule has 2 nitrogen and oxygen atoms in total. The van der Waals surface area contributed by atoms with Gasteiger partial charge in [0.2, 0.25) is 0 Å². The molecule has 0 radical (unpaired) electrons. The number of allylic oxidation sites excluding steroid dienone is 4. The molecule has 0 fully saturated rings.